The SMILES string of the molecule is CC(C)C(C#N)NC(=O)c1cccc(Cl)c1F. The van der Waals surface area contributed by atoms with E-state index in [0.29, 0.717) is 0 Å². The summed E-state index contributed by atoms with van der Waals surface area (Å²) >= 11 is 5.57. The average Bonchev–Trinajstić information content (AvgIpc) is 2.28. The maximum Gasteiger partial charge on any atom is 0.255 e. The van der Waals surface area contributed by atoms with Gasteiger partial charge in [0.2, 0.25) is 0 Å². The van der Waals surface area contributed by atoms with E-state index in [-0.39, 0.29) is 16.5 Å². The standard InChI is InChI=1S/C12H12ClFN2O/c1-7(2)10(6-15)16-12(17)8-4-3-5-9(13)11(8)14/h3-5,7,10H,1-2H3,(H,16,17). The van der Waals surface area contributed by atoms with Gasteiger partial charge in [-0.3, -0.25) is 4.79 Å². The Kier molecular flexibility index (Phi) is 4.47. The number of nitrogens with zero attached hydrogens (tertiary/aromatic N) is 1. The molecular formula is C12H12ClFN2O. The number of hydrogen-bond acceptors (Lipinski definition) is 2. The van der Waals surface area contributed by atoms with Gasteiger partial charge in [-0.15, -0.1) is 0 Å². The first-order chi connectivity index (χ1) is 7.97. The van der Waals surface area contributed by atoms with Gasteiger partial charge in [0.25, 0.3) is 5.91 Å². The first-order valence-corrected chi connectivity index (χ1v) is 5.49. The summed E-state index contributed by atoms with van der Waals surface area (Å²) in [5.74, 6) is -1.46. The minimum Gasteiger partial charge on any atom is -0.336 e. The molecule has 3 nitrogen and oxygen atoms in total. The molecule has 0 saturated carbocycles. The van der Waals surface area contributed by atoms with Crippen molar-refractivity contribution in [2.24, 2.45) is 5.92 Å². The van der Waals surface area contributed by atoms with Gasteiger partial charge in [0.05, 0.1) is 16.7 Å². The summed E-state index contributed by atoms with van der Waals surface area (Å²) in [6.07, 6.45) is 0. The van der Waals surface area contributed by atoms with Crippen molar-refractivity contribution in [1.82, 2.24) is 5.32 Å². The second-order valence-electron chi connectivity index (χ2n) is 3.93. The van der Waals surface area contributed by atoms with Crippen LogP contribution in [-0.2, 0) is 0 Å². The van der Waals surface area contributed by atoms with E-state index in [9.17, 15) is 9.18 Å². The van der Waals surface area contributed by atoms with Gasteiger partial charge < -0.3 is 5.32 Å². The highest BCUT2D eigenvalue weighted by atomic mass is 35.5. The lowest BCUT2D eigenvalue weighted by Gasteiger charge is -2.15. The largest absolute Gasteiger partial charge is 0.336 e. The Morgan fingerprint density at radius 2 is 2.18 bits per heavy atom. The van der Waals surface area contributed by atoms with Gasteiger partial charge in [-0.1, -0.05) is 31.5 Å². The van der Waals surface area contributed by atoms with E-state index in [4.69, 9.17) is 16.9 Å². The molecule has 17 heavy (non-hydrogen) atoms. The lowest BCUT2D eigenvalue weighted by Crippen LogP contribution is -2.37. The van der Waals surface area contributed by atoms with Crippen LogP contribution in [0.1, 0.15) is 24.2 Å². The predicted octanol–water partition coefficient (Wildman–Crippen LogP) is 2.76. The van der Waals surface area contributed by atoms with Crippen LogP contribution >= 0.6 is 11.6 Å². The number of halogens is 2. The van der Waals surface area contributed by atoms with Crippen molar-refractivity contribution in [1.29, 1.82) is 5.26 Å². The van der Waals surface area contributed by atoms with Gasteiger partial charge in [0, 0.05) is 0 Å². The lowest BCUT2D eigenvalue weighted by molar-refractivity contribution is 0.0933. The Morgan fingerprint density at radius 1 is 1.53 bits per heavy atom. The van der Waals surface area contributed by atoms with Crippen molar-refractivity contribution in [3.63, 3.8) is 0 Å². The normalized spacial score (nSPS) is 12.0. The highest BCUT2D eigenvalue weighted by molar-refractivity contribution is 6.31. The quantitative estimate of drug-likeness (QED) is 0.902. The van der Waals surface area contributed by atoms with E-state index in [2.05, 4.69) is 5.32 Å². The summed E-state index contributed by atoms with van der Waals surface area (Å²) in [5.41, 5.74) is -0.154. The molecule has 0 aliphatic rings. The van der Waals surface area contributed by atoms with Crippen LogP contribution in [-0.4, -0.2) is 11.9 Å². The molecule has 1 aromatic carbocycles. The van der Waals surface area contributed by atoms with E-state index in [1.807, 2.05) is 6.07 Å². The molecule has 0 spiro atoms. The molecule has 1 amide bonds. The minimum atomic E-state index is -0.771. The number of nitriles is 1. The fraction of sp³-hybridized carbons (Fsp3) is 0.333. The summed E-state index contributed by atoms with van der Waals surface area (Å²) in [6.45, 7) is 3.59. The summed E-state index contributed by atoms with van der Waals surface area (Å²) in [5, 5.41) is 11.2. The monoisotopic (exact) mass is 254 g/mol. The fourth-order valence-electron chi connectivity index (χ4n) is 1.25. The van der Waals surface area contributed by atoms with Crippen LogP contribution in [0.2, 0.25) is 5.02 Å². The molecule has 0 saturated heterocycles. The average molecular weight is 255 g/mol. The summed E-state index contributed by atoms with van der Waals surface area (Å²) in [7, 11) is 0. The van der Waals surface area contributed by atoms with Crippen LogP contribution in [0.15, 0.2) is 18.2 Å². The molecule has 0 aromatic heterocycles. The third kappa shape index (κ3) is 3.18. The number of carbonyl (C=O) groups excluding carboxylic acids is 1. The van der Waals surface area contributed by atoms with Crippen LogP contribution in [0, 0.1) is 23.1 Å². The maximum atomic E-state index is 13.5. The van der Waals surface area contributed by atoms with Gasteiger partial charge in [0.15, 0.2) is 5.82 Å². The number of carbonyl (C=O) groups is 1. The van der Waals surface area contributed by atoms with Gasteiger partial charge in [-0.2, -0.15) is 5.26 Å². The Hall–Kier alpha value is -1.60. The lowest BCUT2D eigenvalue weighted by atomic mass is 10.1. The Morgan fingerprint density at radius 3 is 2.71 bits per heavy atom. The topological polar surface area (TPSA) is 52.9 Å². The molecule has 1 unspecified atom stereocenters. The third-order valence-electron chi connectivity index (χ3n) is 2.29. The van der Waals surface area contributed by atoms with E-state index >= 15 is 0 Å². The van der Waals surface area contributed by atoms with Crippen LogP contribution in [0.5, 0.6) is 0 Å². The van der Waals surface area contributed by atoms with E-state index < -0.39 is 17.8 Å². The van der Waals surface area contributed by atoms with Gasteiger partial charge >= 0.3 is 0 Å². The van der Waals surface area contributed by atoms with Crippen molar-refractivity contribution in [3.05, 3.63) is 34.6 Å². The van der Waals surface area contributed by atoms with Gasteiger partial charge in [-0.05, 0) is 18.1 Å². The Labute approximate surface area is 104 Å². The molecular weight excluding hydrogens is 243 g/mol. The van der Waals surface area contributed by atoms with Crippen molar-refractivity contribution in [3.8, 4) is 6.07 Å². The van der Waals surface area contributed by atoms with E-state index in [1.54, 1.807) is 13.8 Å². The molecule has 0 bridgehead atoms. The molecule has 5 heteroatoms. The molecule has 0 aliphatic heterocycles. The summed E-state index contributed by atoms with van der Waals surface area (Å²) < 4.78 is 13.5. The van der Waals surface area contributed by atoms with Crippen LogP contribution in [0.4, 0.5) is 4.39 Å². The molecule has 1 aromatic rings. The van der Waals surface area contributed by atoms with Crippen molar-refractivity contribution >= 4 is 17.5 Å². The zero-order valence-corrected chi connectivity index (χ0v) is 10.3. The molecule has 90 valence electrons. The number of rotatable bonds is 3. The number of hydrogen-bond donors (Lipinski definition) is 1. The second kappa shape index (κ2) is 5.65. The fourth-order valence-corrected chi connectivity index (χ4v) is 1.42. The van der Waals surface area contributed by atoms with Crippen molar-refractivity contribution < 1.29 is 9.18 Å². The summed E-state index contributed by atoms with van der Waals surface area (Å²) in [6, 6.07) is 5.46. The molecule has 0 heterocycles. The number of amides is 1. The third-order valence-corrected chi connectivity index (χ3v) is 2.58. The number of nitrogens with one attached hydrogen (secondary N) is 1. The first kappa shape index (κ1) is 13.5. The molecule has 1 N–H and O–H groups in total. The first-order valence-electron chi connectivity index (χ1n) is 5.12. The zero-order chi connectivity index (χ0) is 13.0. The van der Waals surface area contributed by atoms with Crippen molar-refractivity contribution in [2.75, 3.05) is 0 Å². The maximum absolute atomic E-state index is 13.5. The second-order valence-corrected chi connectivity index (χ2v) is 4.33. The van der Waals surface area contributed by atoms with Crippen LogP contribution < -0.4 is 5.32 Å². The molecule has 0 fully saturated rings. The number of benzene rings is 1. The minimum absolute atomic E-state index is 0.0498. The Balaban J connectivity index is 2.91. The van der Waals surface area contributed by atoms with E-state index in [1.165, 1.54) is 18.2 Å². The highest BCUT2D eigenvalue weighted by Crippen LogP contribution is 2.18. The van der Waals surface area contributed by atoms with Crippen molar-refractivity contribution in [2.45, 2.75) is 19.9 Å². The highest BCUT2D eigenvalue weighted by Gasteiger charge is 2.19. The van der Waals surface area contributed by atoms with E-state index in [0.717, 1.165) is 0 Å². The summed E-state index contributed by atoms with van der Waals surface area (Å²) in [4.78, 5) is 11.7. The molecule has 0 radical (unpaired) electrons. The van der Waals surface area contributed by atoms with Crippen LogP contribution in [0.3, 0.4) is 0 Å². The molecule has 0 aliphatic carbocycles. The van der Waals surface area contributed by atoms with Gasteiger partial charge in [-0.25, -0.2) is 4.39 Å². The molecule has 1 atom stereocenters. The zero-order valence-electron chi connectivity index (χ0n) is 9.50. The smallest absolute Gasteiger partial charge is 0.255 e. The predicted molar refractivity (Wildman–Crippen MR) is 63.1 cm³/mol. The Bertz CT molecular complexity index is 468. The van der Waals surface area contributed by atoms with Crippen LogP contribution in [0.25, 0.3) is 0 Å². The van der Waals surface area contributed by atoms with Gasteiger partial charge in [0.1, 0.15) is 6.04 Å². The molecule has 1 rings (SSSR count).